The summed E-state index contributed by atoms with van der Waals surface area (Å²) in [5.41, 5.74) is 1.31. The van der Waals surface area contributed by atoms with E-state index in [1.54, 1.807) is 0 Å². The lowest BCUT2D eigenvalue weighted by molar-refractivity contribution is 0.304. The first-order valence-corrected chi connectivity index (χ1v) is 8.29. The monoisotopic (exact) mass is 277 g/mol. The molecule has 0 amide bonds. The van der Waals surface area contributed by atoms with Gasteiger partial charge in [-0.2, -0.15) is 0 Å². The molecule has 0 unspecified atom stereocenters. The van der Waals surface area contributed by atoms with Crippen LogP contribution in [0.4, 0.5) is 0 Å². The fourth-order valence-electron chi connectivity index (χ4n) is 2.18. The summed E-state index contributed by atoms with van der Waals surface area (Å²) in [7, 11) is 0. The zero-order chi connectivity index (χ0) is 14.5. The van der Waals surface area contributed by atoms with Crippen LogP contribution in [0.3, 0.4) is 0 Å². The fourth-order valence-corrected chi connectivity index (χ4v) is 2.18. The highest BCUT2D eigenvalue weighted by Crippen LogP contribution is 2.14. The molecule has 0 fully saturated rings. The van der Waals surface area contributed by atoms with Crippen molar-refractivity contribution in [3.63, 3.8) is 0 Å². The molecule has 2 heteroatoms. The molecule has 0 aromatic heterocycles. The molecule has 1 N–H and O–H groups in total. The number of nitrogens with one attached hydrogen (secondary N) is 1. The Balaban J connectivity index is 2.18. The number of unbranched alkanes of at least 4 members (excludes halogenated alkanes) is 5. The van der Waals surface area contributed by atoms with E-state index in [4.69, 9.17) is 4.74 Å². The van der Waals surface area contributed by atoms with Crippen LogP contribution >= 0.6 is 0 Å². The Bertz CT molecular complexity index is 338. The lowest BCUT2D eigenvalue weighted by Crippen LogP contribution is -2.14. The summed E-state index contributed by atoms with van der Waals surface area (Å²) in [6, 6.07) is 8.46. The van der Waals surface area contributed by atoms with E-state index in [2.05, 4.69) is 43.4 Å². The number of rotatable bonds is 12. The molecule has 114 valence electrons. The summed E-state index contributed by atoms with van der Waals surface area (Å²) < 4.78 is 5.83. The predicted octanol–water partition coefficient (Wildman–Crippen LogP) is 4.93. The molecule has 0 bridgehead atoms. The van der Waals surface area contributed by atoms with Gasteiger partial charge in [0.25, 0.3) is 0 Å². The van der Waals surface area contributed by atoms with E-state index >= 15 is 0 Å². The fraction of sp³-hybridized carbons (Fsp3) is 0.667. The molecule has 0 aliphatic rings. The normalized spacial score (nSPS) is 10.7. The van der Waals surface area contributed by atoms with Crippen molar-refractivity contribution in [2.45, 2.75) is 65.3 Å². The summed E-state index contributed by atoms with van der Waals surface area (Å²) in [6.07, 6.45) is 8.92. The van der Waals surface area contributed by atoms with Crippen LogP contribution in [-0.2, 0) is 6.54 Å². The smallest absolute Gasteiger partial charge is 0.119 e. The number of benzene rings is 1. The maximum absolute atomic E-state index is 5.83. The standard InChI is InChI=1S/C18H31NO/c1-3-5-7-8-9-14-20-18-12-10-11-17(15-18)16-19-13-6-4-2/h10-12,15,19H,3-9,13-14,16H2,1-2H3. The zero-order valence-electron chi connectivity index (χ0n) is 13.3. The third-order valence-corrected chi connectivity index (χ3v) is 3.45. The Labute approximate surface area is 124 Å². The highest BCUT2D eigenvalue weighted by molar-refractivity contribution is 5.28. The van der Waals surface area contributed by atoms with Crippen LogP contribution in [0, 0.1) is 0 Å². The molecule has 1 aromatic rings. The van der Waals surface area contributed by atoms with Crippen molar-refractivity contribution < 1.29 is 4.74 Å². The van der Waals surface area contributed by atoms with Crippen molar-refractivity contribution >= 4 is 0 Å². The van der Waals surface area contributed by atoms with E-state index in [-0.39, 0.29) is 0 Å². The molecule has 0 spiro atoms. The van der Waals surface area contributed by atoms with Crippen molar-refractivity contribution in [2.75, 3.05) is 13.2 Å². The Morgan fingerprint density at radius 1 is 0.950 bits per heavy atom. The molecule has 20 heavy (non-hydrogen) atoms. The topological polar surface area (TPSA) is 21.3 Å². The molecule has 1 aromatic carbocycles. The molecular weight excluding hydrogens is 246 g/mol. The van der Waals surface area contributed by atoms with Crippen LogP contribution in [0.2, 0.25) is 0 Å². The number of hydrogen-bond acceptors (Lipinski definition) is 2. The van der Waals surface area contributed by atoms with Crippen molar-refractivity contribution in [1.82, 2.24) is 5.32 Å². The van der Waals surface area contributed by atoms with Crippen LogP contribution in [0.25, 0.3) is 0 Å². The van der Waals surface area contributed by atoms with E-state index < -0.39 is 0 Å². The second-order valence-corrected chi connectivity index (χ2v) is 5.44. The minimum absolute atomic E-state index is 0.844. The van der Waals surface area contributed by atoms with Crippen molar-refractivity contribution in [3.8, 4) is 5.75 Å². The third-order valence-electron chi connectivity index (χ3n) is 3.45. The minimum Gasteiger partial charge on any atom is -0.494 e. The summed E-state index contributed by atoms with van der Waals surface area (Å²) in [5, 5.41) is 3.46. The van der Waals surface area contributed by atoms with Gasteiger partial charge in [-0.1, -0.05) is 58.1 Å². The second kappa shape index (κ2) is 11.8. The summed E-state index contributed by atoms with van der Waals surface area (Å²) in [4.78, 5) is 0. The van der Waals surface area contributed by atoms with Gasteiger partial charge in [0.15, 0.2) is 0 Å². The largest absolute Gasteiger partial charge is 0.494 e. The first kappa shape index (κ1) is 17.0. The zero-order valence-corrected chi connectivity index (χ0v) is 13.3. The molecule has 0 heterocycles. The quantitative estimate of drug-likeness (QED) is 0.547. The van der Waals surface area contributed by atoms with Gasteiger partial charge >= 0.3 is 0 Å². The maximum atomic E-state index is 5.83. The van der Waals surface area contributed by atoms with E-state index in [1.165, 1.54) is 50.5 Å². The molecule has 0 saturated heterocycles. The summed E-state index contributed by atoms with van der Waals surface area (Å²) in [6.45, 7) is 7.34. The molecule has 0 atom stereocenters. The van der Waals surface area contributed by atoms with E-state index in [0.29, 0.717) is 0 Å². The van der Waals surface area contributed by atoms with Crippen LogP contribution < -0.4 is 10.1 Å². The van der Waals surface area contributed by atoms with Crippen LogP contribution in [0.15, 0.2) is 24.3 Å². The third kappa shape index (κ3) is 8.21. The molecule has 1 rings (SSSR count). The molecule has 0 aliphatic heterocycles. The van der Waals surface area contributed by atoms with Gasteiger partial charge in [-0.05, 0) is 37.1 Å². The maximum Gasteiger partial charge on any atom is 0.119 e. The van der Waals surface area contributed by atoms with Crippen molar-refractivity contribution in [2.24, 2.45) is 0 Å². The van der Waals surface area contributed by atoms with Gasteiger partial charge < -0.3 is 10.1 Å². The lowest BCUT2D eigenvalue weighted by atomic mass is 10.2. The van der Waals surface area contributed by atoms with Crippen LogP contribution in [0.5, 0.6) is 5.75 Å². The van der Waals surface area contributed by atoms with Gasteiger partial charge in [0.05, 0.1) is 6.61 Å². The van der Waals surface area contributed by atoms with Gasteiger partial charge in [0.1, 0.15) is 5.75 Å². The van der Waals surface area contributed by atoms with Gasteiger partial charge in [-0.25, -0.2) is 0 Å². The molecule has 2 nitrogen and oxygen atoms in total. The number of ether oxygens (including phenoxy) is 1. The average molecular weight is 277 g/mol. The molecule has 0 aliphatic carbocycles. The van der Waals surface area contributed by atoms with E-state index in [1.807, 2.05) is 0 Å². The second-order valence-electron chi connectivity index (χ2n) is 5.44. The van der Waals surface area contributed by atoms with Gasteiger partial charge in [0.2, 0.25) is 0 Å². The highest BCUT2D eigenvalue weighted by Gasteiger charge is 1.97. The number of hydrogen-bond donors (Lipinski definition) is 1. The van der Waals surface area contributed by atoms with Crippen LogP contribution in [-0.4, -0.2) is 13.2 Å². The van der Waals surface area contributed by atoms with Crippen molar-refractivity contribution in [1.29, 1.82) is 0 Å². The van der Waals surface area contributed by atoms with Gasteiger partial charge in [-0.15, -0.1) is 0 Å². The van der Waals surface area contributed by atoms with Crippen LogP contribution in [0.1, 0.15) is 64.4 Å². The van der Waals surface area contributed by atoms with Gasteiger partial charge in [-0.3, -0.25) is 0 Å². The Morgan fingerprint density at radius 2 is 1.75 bits per heavy atom. The first-order chi connectivity index (χ1) is 9.86. The average Bonchev–Trinajstić information content (AvgIpc) is 2.48. The van der Waals surface area contributed by atoms with Gasteiger partial charge in [0, 0.05) is 6.54 Å². The Kier molecular flexibility index (Phi) is 10.0. The van der Waals surface area contributed by atoms with E-state index in [9.17, 15) is 0 Å². The Morgan fingerprint density at radius 3 is 2.55 bits per heavy atom. The summed E-state index contributed by atoms with van der Waals surface area (Å²) in [5.74, 6) is 1.01. The highest BCUT2D eigenvalue weighted by atomic mass is 16.5. The molecule has 0 radical (unpaired) electrons. The molecular formula is C18H31NO. The van der Waals surface area contributed by atoms with E-state index in [0.717, 1.165) is 25.4 Å². The predicted molar refractivity (Wildman–Crippen MR) is 87.3 cm³/mol. The van der Waals surface area contributed by atoms with Crippen molar-refractivity contribution in [3.05, 3.63) is 29.8 Å². The Hall–Kier alpha value is -1.02. The SMILES string of the molecule is CCCCCCCOc1cccc(CNCCCC)c1. The first-order valence-electron chi connectivity index (χ1n) is 8.29. The summed E-state index contributed by atoms with van der Waals surface area (Å²) >= 11 is 0. The molecule has 0 saturated carbocycles. The minimum atomic E-state index is 0.844. The lowest BCUT2D eigenvalue weighted by Gasteiger charge is -2.09.